The molecule has 1 rings (SSSR count). The van der Waals surface area contributed by atoms with Crippen molar-refractivity contribution in [2.75, 3.05) is 13.1 Å². The van der Waals surface area contributed by atoms with Crippen molar-refractivity contribution in [3.05, 3.63) is 0 Å². The predicted octanol–water partition coefficient (Wildman–Crippen LogP) is 1.71. The number of nitrogens with one attached hydrogen (secondary N) is 1. The van der Waals surface area contributed by atoms with Gasteiger partial charge in [-0.05, 0) is 19.8 Å². The molecule has 0 amide bonds. The highest BCUT2D eigenvalue weighted by molar-refractivity contribution is 4.88. The van der Waals surface area contributed by atoms with Gasteiger partial charge in [-0.2, -0.15) is 0 Å². The molecule has 13 heavy (non-hydrogen) atoms. The molecule has 0 bridgehead atoms. The molecule has 0 spiro atoms. The van der Waals surface area contributed by atoms with Gasteiger partial charge in [0.25, 0.3) is 0 Å². The summed E-state index contributed by atoms with van der Waals surface area (Å²) in [5.74, 6) is 0.796. The number of rotatable bonds is 3. The first-order chi connectivity index (χ1) is 6.00. The summed E-state index contributed by atoms with van der Waals surface area (Å²) in [6.45, 7) is 13.8. The van der Waals surface area contributed by atoms with E-state index in [4.69, 9.17) is 0 Å². The second-order valence-corrected chi connectivity index (χ2v) is 4.95. The van der Waals surface area contributed by atoms with Crippen LogP contribution in [0.3, 0.4) is 0 Å². The normalized spacial score (nSPS) is 30.7. The van der Waals surface area contributed by atoms with Gasteiger partial charge in [-0.15, -0.1) is 0 Å². The van der Waals surface area contributed by atoms with Gasteiger partial charge in [0.15, 0.2) is 0 Å². The van der Waals surface area contributed by atoms with Crippen molar-refractivity contribution >= 4 is 0 Å². The average Bonchev–Trinajstić information content (AvgIpc) is 2.31. The predicted molar refractivity (Wildman–Crippen MR) is 57.9 cm³/mol. The summed E-state index contributed by atoms with van der Waals surface area (Å²) >= 11 is 0. The molecular formula is C11H24N2. The Morgan fingerprint density at radius 3 is 2.15 bits per heavy atom. The molecule has 0 unspecified atom stereocenters. The van der Waals surface area contributed by atoms with Crippen molar-refractivity contribution < 1.29 is 0 Å². The molecule has 2 nitrogen and oxygen atoms in total. The minimum absolute atomic E-state index is 0.611. The molecule has 0 aromatic heterocycles. The Bertz CT molecular complexity index is 154. The Morgan fingerprint density at radius 2 is 1.77 bits per heavy atom. The molecule has 2 atom stereocenters. The first kappa shape index (κ1) is 11.0. The van der Waals surface area contributed by atoms with Gasteiger partial charge >= 0.3 is 0 Å². The molecule has 1 saturated heterocycles. The fraction of sp³-hybridized carbons (Fsp3) is 1.00. The molecule has 1 aliphatic rings. The largest absolute Gasteiger partial charge is 0.310 e. The number of hydrogen-bond acceptors (Lipinski definition) is 2. The van der Waals surface area contributed by atoms with Gasteiger partial charge in [0.05, 0.1) is 0 Å². The quantitative estimate of drug-likeness (QED) is 0.718. The van der Waals surface area contributed by atoms with Crippen LogP contribution in [-0.2, 0) is 0 Å². The molecule has 0 aliphatic carbocycles. The highest BCUT2D eigenvalue weighted by atomic mass is 15.2. The average molecular weight is 184 g/mol. The zero-order valence-electron chi connectivity index (χ0n) is 9.67. The van der Waals surface area contributed by atoms with Crippen LogP contribution >= 0.6 is 0 Å². The molecule has 1 heterocycles. The van der Waals surface area contributed by atoms with E-state index in [1.165, 1.54) is 13.1 Å². The lowest BCUT2D eigenvalue weighted by Crippen LogP contribution is -2.40. The zero-order chi connectivity index (χ0) is 10.0. The van der Waals surface area contributed by atoms with Crippen molar-refractivity contribution in [1.82, 2.24) is 10.2 Å². The minimum Gasteiger partial charge on any atom is -0.310 e. The van der Waals surface area contributed by atoms with Gasteiger partial charge in [0, 0.05) is 31.2 Å². The van der Waals surface area contributed by atoms with E-state index in [1.807, 2.05) is 0 Å². The van der Waals surface area contributed by atoms with E-state index in [1.54, 1.807) is 0 Å². The van der Waals surface area contributed by atoms with Gasteiger partial charge in [0.2, 0.25) is 0 Å². The summed E-state index contributed by atoms with van der Waals surface area (Å²) in [5, 5.41) is 3.63. The maximum Gasteiger partial charge on any atom is 0.0235 e. The maximum atomic E-state index is 3.63. The molecule has 0 radical (unpaired) electrons. The molecule has 0 saturated carbocycles. The van der Waals surface area contributed by atoms with Gasteiger partial charge < -0.3 is 5.32 Å². The van der Waals surface area contributed by atoms with Crippen LogP contribution in [0.5, 0.6) is 0 Å². The van der Waals surface area contributed by atoms with Crippen molar-refractivity contribution in [3.8, 4) is 0 Å². The van der Waals surface area contributed by atoms with Gasteiger partial charge in [-0.25, -0.2) is 0 Å². The van der Waals surface area contributed by atoms with Crippen LogP contribution in [0.4, 0.5) is 0 Å². The summed E-state index contributed by atoms with van der Waals surface area (Å²) < 4.78 is 0. The summed E-state index contributed by atoms with van der Waals surface area (Å²) in [7, 11) is 0. The fourth-order valence-electron chi connectivity index (χ4n) is 2.07. The molecular weight excluding hydrogens is 160 g/mol. The van der Waals surface area contributed by atoms with E-state index in [-0.39, 0.29) is 0 Å². The standard InChI is InChI=1S/C11H24N2/c1-8(2)12-11-7-13(9(3)4)6-10(11)5/h8-12H,6-7H2,1-5H3/t10-,11+/m1/s1. The molecule has 1 aliphatic heterocycles. The lowest BCUT2D eigenvalue weighted by Gasteiger charge is -2.21. The molecule has 0 aromatic rings. The topological polar surface area (TPSA) is 15.3 Å². The van der Waals surface area contributed by atoms with Gasteiger partial charge in [-0.1, -0.05) is 20.8 Å². The highest BCUT2D eigenvalue weighted by Gasteiger charge is 2.30. The monoisotopic (exact) mass is 184 g/mol. The third-order valence-corrected chi connectivity index (χ3v) is 2.92. The van der Waals surface area contributed by atoms with E-state index < -0.39 is 0 Å². The highest BCUT2D eigenvalue weighted by Crippen LogP contribution is 2.18. The lowest BCUT2D eigenvalue weighted by molar-refractivity contribution is 0.263. The molecule has 0 aromatic carbocycles. The fourth-order valence-corrected chi connectivity index (χ4v) is 2.07. The summed E-state index contributed by atoms with van der Waals surface area (Å²) in [5.41, 5.74) is 0. The first-order valence-corrected chi connectivity index (χ1v) is 5.50. The van der Waals surface area contributed by atoms with E-state index in [2.05, 4.69) is 44.8 Å². The SMILES string of the molecule is CC(C)N[C@H]1CN(C(C)C)C[C@H]1C. The maximum absolute atomic E-state index is 3.63. The first-order valence-electron chi connectivity index (χ1n) is 5.50. The second kappa shape index (κ2) is 4.43. The van der Waals surface area contributed by atoms with Gasteiger partial charge in [-0.3, -0.25) is 4.90 Å². The van der Waals surface area contributed by atoms with Gasteiger partial charge in [0.1, 0.15) is 0 Å². The van der Waals surface area contributed by atoms with E-state index in [0.717, 1.165) is 5.92 Å². The molecule has 78 valence electrons. The van der Waals surface area contributed by atoms with Crippen LogP contribution in [0.2, 0.25) is 0 Å². The van der Waals surface area contributed by atoms with E-state index in [9.17, 15) is 0 Å². The number of hydrogen-bond donors (Lipinski definition) is 1. The smallest absolute Gasteiger partial charge is 0.0235 e. The second-order valence-electron chi connectivity index (χ2n) is 4.95. The van der Waals surface area contributed by atoms with Crippen molar-refractivity contribution in [2.24, 2.45) is 5.92 Å². The molecule has 1 fully saturated rings. The molecule has 1 N–H and O–H groups in total. The van der Waals surface area contributed by atoms with Crippen LogP contribution in [0.25, 0.3) is 0 Å². The summed E-state index contributed by atoms with van der Waals surface area (Å²) in [4.78, 5) is 2.56. The third-order valence-electron chi connectivity index (χ3n) is 2.92. The molecule has 2 heteroatoms. The van der Waals surface area contributed by atoms with Crippen molar-refractivity contribution in [1.29, 1.82) is 0 Å². The van der Waals surface area contributed by atoms with Crippen LogP contribution in [0.1, 0.15) is 34.6 Å². The zero-order valence-corrected chi connectivity index (χ0v) is 9.67. The van der Waals surface area contributed by atoms with Crippen LogP contribution in [-0.4, -0.2) is 36.1 Å². The van der Waals surface area contributed by atoms with Crippen LogP contribution in [0, 0.1) is 5.92 Å². The van der Waals surface area contributed by atoms with Crippen molar-refractivity contribution in [3.63, 3.8) is 0 Å². The van der Waals surface area contributed by atoms with E-state index >= 15 is 0 Å². The lowest BCUT2D eigenvalue weighted by atomic mass is 10.1. The van der Waals surface area contributed by atoms with Crippen LogP contribution < -0.4 is 5.32 Å². The number of nitrogens with zero attached hydrogens (tertiary/aromatic N) is 1. The van der Waals surface area contributed by atoms with Crippen LogP contribution in [0.15, 0.2) is 0 Å². The Kier molecular flexibility index (Phi) is 3.74. The summed E-state index contributed by atoms with van der Waals surface area (Å²) in [6, 6.07) is 2.00. The Balaban J connectivity index is 2.42. The van der Waals surface area contributed by atoms with Crippen molar-refractivity contribution in [2.45, 2.75) is 52.7 Å². The third kappa shape index (κ3) is 2.96. The Morgan fingerprint density at radius 1 is 1.15 bits per heavy atom. The number of likely N-dealkylation sites (tertiary alicyclic amines) is 1. The minimum atomic E-state index is 0.611. The Labute approximate surface area is 82.7 Å². The Hall–Kier alpha value is -0.0800. The summed E-state index contributed by atoms with van der Waals surface area (Å²) in [6.07, 6.45) is 0. The van der Waals surface area contributed by atoms with E-state index in [0.29, 0.717) is 18.1 Å².